The molecule has 5 heteroatoms. The average Bonchev–Trinajstić information content (AvgIpc) is 2.92. The van der Waals surface area contributed by atoms with Crippen LogP contribution in [0.4, 0.5) is 0 Å². The molecule has 0 aromatic heterocycles. The normalized spacial score (nSPS) is 38.4. The Morgan fingerprint density at radius 2 is 1.62 bits per heavy atom. The van der Waals surface area contributed by atoms with Gasteiger partial charge in [0.2, 0.25) is 5.91 Å². The van der Waals surface area contributed by atoms with E-state index in [0.717, 1.165) is 36.3 Å². The van der Waals surface area contributed by atoms with Crippen molar-refractivity contribution >= 4 is 40.9 Å². The van der Waals surface area contributed by atoms with Crippen LogP contribution < -0.4 is 0 Å². The second kappa shape index (κ2) is 6.60. The summed E-state index contributed by atoms with van der Waals surface area (Å²) < 4.78 is 0. The second-order valence-electron chi connectivity index (χ2n) is 9.05. The van der Waals surface area contributed by atoms with Crippen LogP contribution in [0.2, 0.25) is 10.0 Å². The van der Waals surface area contributed by atoms with Crippen LogP contribution in [0.15, 0.2) is 18.2 Å². The van der Waals surface area contributed by atoms with Gasteiger partial charge in [0, 0.05) is 22.2 Å². The number of carbonyl (C=O) groups is 1. The van der Waals surface area contributed by atoms with Gasteiger partial charge in [-0.15, -0.1) is 11.8 Å². The van der Waals surface area contributed by atoms with Gasteiger partial charge in [-0.3, -0.25) is 4.79 Å². The van der Waals surface area contributed by atoms with E-state index in [1.54, 1.807) is 11.8 Å². The number of thioether (sulfide) groups is 1. The zero-order chi connectivity index (χ0) is 17.9. The fourth-order valence-corrected chi connectivity index (χ4v) is 8.66. The van der Waals surface area contributed by atoms with Crippen LogP contribution in [0.1, 0.15) is 55.9 Å². The lowest BCUT2D eigenvalue weighted by Crippen LogP contribution is -2.47. The molecule has 1 atom stereocenters. The van der Waals surface area contributed by atoms with Crippen LogP contribution in [0.25, 0.3) is 0 Å². The SMILES string of the molecule is O=C1CSC(c2c(Cl)cccc2Cl)N1CCC12CC3CC(CC(C3)C1)C2. The van der Waals surface area contributed by atoms with Gasteiger partial charge in [0.25, 0.3) is 0 Å². The predicted molar refractivity (Wildman–Crippen MR) is 109 cm³/mol. The molecule has 5 fully saturated rings. The number of benzene rings is 1. The molecule has 0 radical (unpaired) electrons. The molecule has 4 aliphatic carbocycles. The molecule has 1 unspecified atom stereocenters. The van der Waals surface area contributed by atoms with Gasteiger partial charge in [0.1, 0.15) is 5.37 Å². The largest absolute Gasteiger partial charge is 0.326 e. The van der Waals surface area contributed by atoms with E-state index < -0.39 is 0 Å². The summed E-state index contributed by atoms with van der Waals surface area (Å²) in [5.74, 6) is 3.64. The molecule has 1 amide bonds. The molecule has 2 nitrogen and oxygen atoms in total. The van der Waals surface area contributed by atoms with Crippen molar-refractivity contribution in [3.8, 4) is 0 Å². The van der Waals surface area contributed by atoms with Crippen LogP contribution in [-0.4, -0.2) is 23.1 Å². The first kappa shape index (κ1) is 17.7. The van der Waals surface area contributed by atoms with Crippen LogP contribution in [0.3, 0.4) is 0 Å². The van der Waals surface area contributed by atoms with E-state index >= 15 is 0 Å². The van der Waals surface area contributed by atoms with Crippen molar-refractivity contribution in [2.24, 2.45) is 23.2 Å². The van der Waals surface area contributed by atoms with Gasteiger partial charge < -0.3 is 4.90 Å². The van der Waals surface area contributed by atoms with Gasteiger partial charge in [-0.25, -0.2) is 0 Å². The van der Waals surface area contributed by atoms with Gasteiger partial charge in [0.05, 0.1) is 5.75 Å². The zero-order valence-electron chi connectivity index (χ0n) is 14.9. The first-order valence-corrected chi connectivity index (χ1v) is 11.7. The highest BCUT2D eigenvalue weighted by molar-refractivity contribution is 8.00. The molecule has 1 aliphatic heterocycles. The summed E-state index contributed by atoms with van der Waals surface area (Å²) in [7, 11) is 0. The third-order valence-corrected chi connectivity index (χ3v) is 9.14. The van der Waals surface area contributed by atoms with E-state index in [9.17, 15) is 4.79 Å². The summed E-state index contributed by atoms with van der Waals surface area (Å²) in [6, 6.07) is 5.63. The lowest BCUT2D eigenvalue weighted by atomic mass is 9.49. The Morgan fingerprint density at radius 3 is 2.19 bits per heavy atom. The third-order valence-electron chi connectivity index (χ3n) is 7.26. The molecule has 1 saturated heterocycles. The maximum absolute atomic E-state index is 12.6. The minimum Gasteiger partial charge on any atom is -0.326 e. The fourth-order valence-electron chi connectivity index (χ4n) is 6.64. The number of amides is 1. The molecule has 0 N–H and O–H groups in total. The van der Waals surface area contributed by atoms with Crippen molar-refractivity contribution in [1.82, 2.24) is 4.90 Å². The first-order chi connectivity index (χ1) is 12.5. The number of hydrogen-bond acceptors (Lipinski definition) is 2. The molecule has 1 aromatic rings. The van der Waals surface area contributed by atoms with E-state index in [-0.39, 0.29) is 11.3 Å². The first-order valence-electron chi connectivity index (χ1n) is 9.88. The minimum absolute atomic E-state index is 0.0300. The molecule has 6 rings (SSSR count). The van der Waals surface area contributed by atoms with Gasteiger partial charge >= 0.3 is 0 Å². The van der Waals surface area contributed by atoms with Crippen molar-refractivity contribution in [1.29, 1.82) is 0 Å². The van der Waals surface area contributed by atoms with Crippen LogP contribution in [-0.2, 0) is 4.79 Å². The number of halogens is 2. The van der Waals surface area contributed by atoms with E-state index in [4.69, 9.17) is 23.2 Å². The van der Waals surface area contributed by atoms with Crippen molar-refractivity contribution in [2.45, 2.75) is 50.3 Å². The summed E-state index contributed by atoms with van der Waals surface area (Å²) in [6.07, 6.45) is 9.74. The topological polar surface area (TPSA) is 20.3 Å². The molecule has 1 aromatic carbocycles. The van der Waals surface area contributed by atoms with Crippen LogP contribution in [0, 0.1) is 23.2 Å². The van der Waals surface area contributed by atoms with Gasteiger partial charge in [-0.05, 0) is 80.2 Å². The number of carbonyl (C=O) groups excluding carboxylic acids is 1. The highest BCUT2D eigenvalue weighted by Crippen LogP contribution is 2.61. The van der Waals surface area contributed by atoms with E-state index in [2.05, 4.69) is 4.90 Å². The van der Waals surface area contributed by atoms with E-state index in [1.165, 1.54) is 38.5 Å². The summed E-state index contributed by atoms with van der Waals surface area (Å²) in [4.78, 5) is 14.7. The van der Waals surface area contributed by atoms with E-state index in [1.807, 2.05) is 18.2 Å². The summed E-state index contributed by atoms with van der Waals surface area (Å²) in [5.41, 5.74) is 1.41. The maximum atomic E-state index is 12.6. The molecule has 4 saturated carbocycles. The predicted octanol–water partition coefficient (Wildman–Crippen LogP) is 6.17. The lowest BCUT2D eigenvalue weighted by molar-refractivity contribution is -0.129. The zero-order valence-corrected chi connectivity index (χ0v) is 17.3. The van der Waals surface area contributed by atoms with Crippen molar-refractivity contribution < 1.29 is 4.79 Å². The molecule has 140 valence electrons. The lowest BCUT2D eigenvalue weighted by Gasteiger charge is -2.57. The highest BCUT2D eigenvalue weighted by atomic mass is 35.5. The summed E-state index contributed by atoms with van der Waals surface area (Å²) in [6.45, 7) is 0.851. The quantitative estimate of drug-likeness (QED) is 0.591. The number of nitrogens with zero attached hydrogens (tertiary/aromatic N) is 1. The van der Waals surface area contributed by atoms with Crippen LogP contribution >= 0.6 is 35.0 Å². The smallest absolute Gasteiger partial charge is 0.233 e. The number of hydrogen-bond donors (Lipinski definition) is 0. The average molecular weight is 410 g/mol. The van der Waals surface area contributed by atoms with Crippen molar-refractivity contribution in [3.05, 3.63) is 33.8 Å². The van der Waals surface area contributed by atoms with Gasteiger partial charge in [0.15, 0.2) is 0 Å². The molecule has 0 spiro atoms. The van der Waals surface area contributed by atoms with Gasteiger partial charge in [-0.1, -0.05) is 29.3 Å². The molecule has 26 heavy (non-hydrogen) atoms. The minimum atomic E-state index is -0.0300. The molecule has 4 bridgehead atoms. The third kappa shape index (κ3) is 2.99. The molecular formula is C21H25Cl2NOS. The fraction of sp³-hybridized carbons (Fsp3) is 0.667. The Bertz CT molecular complexity index is 681. The maximum Gasteiger partial charge on any atom is 0.233 e. The molecule has 5 aliphatic rings. The number of rotatable bonds is 4. The van der Waals surface area contributed by atoms with Crippen LogP contribution in [0.5, 0.6) is 0 Å². The van der Waals surface area contributed by atoms with Crippen molar-refractivity contribution in [2.75, 3.05) is 12.3 Å². The molecular weight excluding hydrogens is 385 g/mol. The Balaban J connectivity index is 1.35. The summed E-state index contributed by atoms with van der Waals surface area (Å²) in [5, 5.41) is 1.31. The Hall–Kier alpha value is -0.380. The highest BCUT2D eigenvalue weighted by Gasteiger charge is 2.51. The Labute approximate surface area is 170 Å². The second-order valence-corrected chi connectivity index (χ2v) is 10.9. The Morgan fingerprint density at radius 1 is 1.04 bits per heavy atom. The standard InChI is InChI=1S/C21H25Cl2NOS/c22-16-2-1-3-17(23)19(16)20-24(18(25)12-26-20)5-4-21-9-13-6-14(10-21)8-15(7-13)11-21/h1-3,13-15,20H,4-12H2. The molecule has 1 heterocycles. The summed E-state index contributed by atoms with van der Waals surface area (Å²) >= 11 is 14.6. The van der Waals surface area contributed by atoms with E-state index in [0.29, 0.717) is 21.2 Å². The Kier molecular flexibility index (Phi) is 4.49. The van der Waals surface area contributed by atoms with Gasteiger partial charge in [-0.2, -0.15) is 0 Å². The monoisotopic (exact) mass is 409 g/mol. The van der Waals surface area contributed by atoms with Crippen molar-refractivity contribution in [3.63, 3.8) is 0 Å².